The van der Waals surface area contributed by atoms with Gasteiger partial charge in [0.05, 0.1) is 0 Å². The van der Waals surface area contributed by atoms with Gasteiger partial charge in [-0.3, -0.25) is 9.59 Å². The molecule has 0 unspecified atom stereocenters. The maximum Gasteiger partial charge on any atom is 0.254 e. The minimum atomic E-state index is -0.554. The lowest BCUT2D eigenvalue weighted by Gasteiger charge is -2.17. The number of nitrogens with one attached hydrogen (secondary N) is 1. The molecule has 0 aromatic heterocycles. The van der Waals surface area contributed by atoms with Gasteiger partial charge in [0.1, 0.15) is 6.04 Å². The van der Waals surface area contributed by atoms with Crippen LogP contribution in [-0.4, -0.2) is 18.4 Å². The van der Waals surface area contributed by atoms with Crippen molar-refractivity contribution in [3.05, 3.63) is 28.2 Å². The minimum absolute atomic E-state index is 0.0447. The van der Waals surface area contributed by atoms with Gasteiger partial charge in [-0.15, -0.1) is 0 Å². The molecule has 5 heteroatoms. The lowest BCUT2D eigenvalue weighted by Crippen LogP contribution is -2.37. The fourth-order valence-corrected chi connectivity index (χ4v) is 2.68. The van der Waals surface area contributed by atoms with Gasteiger partial charge >= 0.3 is 0 Å². The van der Waals surface area contributed by atoms with Crippen LogP contribution in [0.15, 0.2) is 22.7 Å². The van der Waals surface area contributed by atoms with Crippen LogP contribution >= 0.6 is 15.9 Å². The molecule has 1 atom stereocenters. The summed E-state index contributed by atoms with van der Waals surface area (Å²) in [4.78, 5) is 25.4. The lowest BCUT2D eigenvalue weighted by atomic mass is 10.1. The Morgan fingerprint density at radius 3 is 2.84 bits per heavy atom. The first-order valence-corrected chi connectivity index (χ1v) is 7.21. The van der Waals surface area contributed by atoms with E-state index in [2.05, 4.69) is 28.2 Å². The number of hydrogen-bond acceptors (Lipinski definition) is 2. The zero-order valence-electron chi connectivity index (χ0n) is 11.1. The number of anilines is 1. The van der Waals surface area contributed by atoms with E-state index in [1.54, 1.807) is 4.90 Å². The summed E-state index contributed by atoms with van der Waals surface area (Å²) in [5, 5.41) is 2.73. The van der Waals surface area contributed by atoms with Gasteiger partial charge in [-0.1, -0.05) is 29.3 Å². The largest absolute Gasteiger partial charge is 0.341 e. The van der Waals surface area contributed by atoms with Gasteiger partial charge in [-0.2, -0.15) is 0 Å². The molecule has 2 amide bonds. The summed E-state index contributed by atoms with van der Waals surface area (Å²) in [5.41, 5.74) is 1.77. The molecule has 0 bridgehead atoms. The van der Waals surface area contributed by atoms with E-state index in [0.717, 1.165) is 28.6 Å². The standard InChI is InChI=1S/C14H17BrN2O2/c1-3-4-7-17-12-6-5-10(15)8-11(12)13(14(17)19)16-9(2)18/h5-6,8,13H,3-4,7H2,1-2H3,(H,16,18)/t13-/m0/s1. The van der Waals surface area contributed by atoms with E-state index in [-0.39, 0.29) is 11.8 Å². The molecule has 4 nitrogen and oxygen atoms in total. The fraction of sp³-hybridized carbons (Fsp3) is 0.429. The average Bonchev–Trinajstić information content (AvgIpc) is 2.60. The molecule has 1 N–H and O–H groups in total. The number of benzene rings is 1. The number of unbranched alkanes of at least 4 members (excludes halogenated alkanes) is 1. The molecule has 1 aliphatic heterocycles. The maximum atomic E-state index is 12.4. The number of rotatable bonds is 4. The van der Waals surface area contributed by atoms with E-state index < -0.39 is 6.04 Å². The highest BCUT2D eigenvalue weighted by Gasteiger charge is 2.37. The molecule has 0 radical (unpaired) electrons. The summed E-state index contributed by atoms with van der Waals surface area (Å²) in [5.74, 6) is -0.238. The van der Waals surface area contributed by atoms with E-state index in [1.807, 2.05) is 18.2 Å². The minimum Gasteiger partial charge on any atom is -0.341 e. The summed E-state index contributed by atoms with van der Waals surface area (Å²) in [6, 6.07) is 5.19. The van der Waals surface area contributed by atoms with Crippen LogP contribution in [-0.2, 0) is 9.59 Å². The normalized spacial score (nSPS) is 17.5. The highest BCUT2D eigenvalue weighted by atomic mass is 79.9. The smallest absolute Gasteiger partial charge is 0.254 e. The molecule has 1 heterocycles. The number of halogens is 1. The molecule has 0 fully saturated rings. The monoisotopic (exact) mass is 324 g/mol. The quantitative estimate of drug-likeness (QED) is 0.925. The number of carbonyl (C=O) groups excluding carboxylic acids is 2. The van der Waals surface area contributed by atoms with Crippen LogP contribution in [0.2, 0.25) is 0 Å². The van der Waals surface area contributed by atoms with Crippen LogP contribution in [0.25, 0.3) is 0 Å². The number of carbonyl (C=O) groups is 2. The van der Waals surface area contributed by atoms with Crippen LogP contribution in [0.3, 0.4) is 0 Å². The molecule has 1 aromatic carbocycles. The van der Waals surface area contributed by atoms with Crippen LogP contribution in [0.1, 0.15) is 38.3 Å². The number of fused-ring (bicyclic) bond motifs is 1. The SMILES string of the molecule is CCCCN1C(=O)[C@@H](NC(C)=O)c2cc(Br)ccc21. The van der Waals surface area contributed by atoms with Crippen molar-refractivity contribution in [3.8, 4) is 0 Å². The second-order valence-corrected chi connectivity index (χ2v) is 5.60. The Kier molecular flexibility index (Phi) is 4.24. The van der Waals surface area contributed by atoms with E-state index >= 15 is 0 Å². The Morgan fingerprint density at radius 1 is 1.47 bits per heavy atom. The second-order valence-electron chi connectivity index (χ2n) is 4.68. The highest BCUT2D eigenvalue weighted by molar-refractivity contribution is 9.10. The highest BCUT2D eigenvalue weighted by Crippen LogP contribution is 2.37. The zero-order valence-corrected chi connectivity index (χ0v) is 12.7. The Labute approximate surface area is 121 Å². The molecule has 1 aliphatic rings. The Bertz CT molecular complexity index is 516. The second kappa shape index (κ2) is 5.74. The summed E-state index contributed by atoms with van der Waals surface area (Å²) >= 11 is 3.41. The van der Waals surface area contributed by atoms with Crippen LogP contribution in [0, 0.1) is 0 Å². The zero-order chi connectivity index (χ0) is 14.0. The molecule has 0 aliphatic carbocycles. The lowest BCUT2D eigenvalue weighted by molar-refractivity contribution is -0.126. The van der Waals surface area contributed by atoms with Crippen molar-refractivity contribution in [3.63, 3.8) is 0 Å². The molecule has 19 heavy (non-hydrogen) atoms. The van der Waals surface area contributed by atoms with Crippen LogP contribution < -0.4 is 10.2 Å². The van der Waals surface area contributed by atoms with Crippen molar-refractivity contribution in [2.24, 2.45) is 0 Å². The maximum absolute atomic E-state index is 12.4. The Morgan fingerprint density at radius 2 is 2.21 bits per heavy atom. The number of amides is 2. The molecule has 0 saturated heterocycles. The van der Waals surface area contributed by atoms with Gasteiger partial charge in [0.2, 0.25) is 5.91 Å². The van der Waals surface area contributed by atoms with Gasteiger partial charge in [0.25, 0.3) is 5.91 Å². The molecular weight excluding hydrogens is 308 g/mol. The Balaban J connectivity index is 2.36. The summed E-state index contributed by atoms with van der Waals surface area (Å²) in [7, 11) is 0. The first-order chi connectivity index (χ1) is 9.04. The first kappa shape index (κ1) is 14.1. The summed E-state index contributed by atoms with van der Waals surface area (Å²) in [6.07, 6.45) is 1.98. The molecule has 102 valence electrons. The van der Waals surface area contributed by atoms with Gasteiger partial charge < -0.3 is 10.2 Å². The van der Waals surface area contributed by atoms with Crippen molar-refractivity contribution in [1.82, 2.24) is 5.32 Å². The summed E-state index contributed by atoms with van der Waals surface area (Å²) < 4.78 is 0.909. The number of nitrogens with zero attached hydrogens (tertiary/aromatic N) is 1. The molecule has 1 aromatic rings. The van der Waals surface area contributed by atoms with Gasteiger partial charge in [-0.25, -0.2) is 0 Å². The van der Waals surface area contributed by atoms with Crippen molar-refractivity contribution >= 4 is 33.4 Å². The van der Waals surface area contributed by atoms with E-state index in [9.17, 15) is 9.59 Å². The molecule has 0 spiro atoms. The average molecular weight is 325 g/mol. The summed E-state index contributed by atoms with van der Waals surface area (Å²) in [6.45, 7) is 4.22. The number of hydrogen-bond donors (Lipinski definition) is 1. The third kappa shape index (κ3) is 2.81. The predicted octanol–water partition coefficient (Wildman–Crippen LogP) is 2.77. The molecule has 0 saturated carbocycles. The third-order valence-electron chi connectivity index (χ3n) is 3.19. The third-order valence-corrected chi connectivity index (χ3v) is 3.68. The van der Waals surface area contributed by atoms with E-state index in [0.29, 0.717) is 6.54 Å². The van der Waals surface area contributed by atoms with E-state index in [1.165, 1.54) is 6.92 Å². The van der Waals surface area contributed by atoms with Crippen LogP contribution in [0.5, 0.6) is 0 Å². The van der Waals surface area contributed by atoms with Gasteiger partial charge in [0.15, 0.2) is 0 Å². The molecular formula is C14H17BrN2O2. The van der Waals surface area contributed by atoms with Crippen molar-refractivity contribution in [2.45, 2.75) is 32.7 Å². The van der Waals surface area contributed by atoms with Gasteiger partial charge in [0, 0.05) is 29.2 Å². The Hall–Kier alpha value is -1.36. The predicted molar refractivity (Wildman–Crippen MR) is 78.0 cm³/mol. The van der Waals surface area contributed by atoms with Crippen LogP contribution in [0.4, 0.5) is 5.69 Å². The van der Waals surface area contributed by atoms with Gasteiger partial charge in [-0.05, 0) is 24.6 Å². The molecule has 2 rings (SSSR count). The van der Waals surface area contributed by atoms with Crippen molar-refractivity contribution in [1.29, 1.82) is 0 Å². The topological polar surface area (TPSA) is 49.4 Å². The van der Waals surface area contributed by atoms with Crippen molar-refractivity contribution in [2.75, 3.05) is 11.4 Å². The fourth-order valence-electron chi connectivity index (χ4n) is 2.30. The van der Waals surface area contributed by atoms with E-state index in [4.69, 9.17) is 0 Å². The van der Waals surface area contributed by atoms with Crippen molar-refractivity contribution < 1.29 is 9.59 Å². The first-order valence-electron chi connectivity index (χ1n) is 6.42.